The normalized spacial score (nSPS) is 10.6. The van der Waals surface area contributed by atoms with E-state index in [1.807, 2.05) is 16.8 Å². The van der Waals surface area contributed by atoms with Gasteiger partial charge in [-0.1, -0.05) is 19.1 Å². The maximum atomic E-state index is 11.1. The van der Waals surface area contributed by atoms with Crippen molar-refractivity contribution in [3.63, 3.8) is 0 Å². The second-order valence-corrected chi connectivity index (χ2v) is 5.01. The van der Waals surface area contributed by atoms with Crippen LogP contribution in [0, 0.1) is 0 Å². The van der Waals surface area contributed by atoms with Gasteiger partial charge in [-0.25, -0.2) is 14.5 Å². The van der Waals surface area contributed by atoms with Crippen molar-refractivity contribution in [2.24, 2.45) is 0 Å². The Morgan fingerprint density at radius 1 is 1.42 bits per heavy atom. The average molecular weight is 277 g/mol. The van der Waals surface area contributed by atoms with Crippen molar-refractivity contribution in [1.29, 1.82) is 0 Å². The maximum Gasteiger partial charge on any atom is 0.336 e. The number of rotatable bonds is 6. The molecule has 0 radical (unpaired) electrons. The number of aromatic nitrogens is 3. The van der Waals surface area contributed by atoms with Crippen molar-refractivity contribution < 1.29 is 9.90 Å². The van der Waals surface area contributed by atoms with Crippen LogP contribution in [-0.2, 0) is 12.3 Å². The number of hydrogen-bond donors (Lipinski definition) is 1. The Morgan fingerprint density at radius 3 is 2.95 bits per heavy atom. The van der Waals surface area contributed by atoms with Crippen LogP contribution in [0.5, 0.6) is 0 Å². The number of aryl methyl sites for hydroxylation is 1. The zero-order chi connectivity index (χ0) is 13.7. The summed E-state index contributed by atoms with van der Waals surface area (Å²) in [6.45, 7) is 2.91. The Hall–Kier alpha value is -1.82. The van der Waals surface area contributed by atoms with Gasteiger partial charge in [-0.3, -0.25) is 0 Å². The number of thioether (sulfide) groups is 1. The van der Waals surface area contributed by atoms with Gasteiger partial charge in [-0.2, -0.15) is 5.10 Å². The van der Waals surface area contributed by atoms with E-state index in [1.165, 1.54) is 18.1 Å². The van der Waals surface area contributed by atoms with Crippen molar-refractivity contribution in [2.75, 3.05) is 0 Å². The monoisotopic (exact) mass is 277 g/mol. The highest BCUT2D eigenvalue weighted by atomic mass is 32.2. The van der Waals surface area contributed by atoms with Crippen molar-refractivity contribution in [1.82, 2.24) is 14.8 Å². The summed E-state index contributed by atoms with van der Waals surface area (Å²) in [5, 5.41) is 13.3. The van der Waals surface area contributed by atoms with Gasteiger partial charge in [0, 0.05) is 11.4 Å². The summed E-state index contributed by atoms with van der Waals surface area (Å²) < 4.78 is 1.86. The predicted molar refractivity (Wildman–Crippen MR) is 73.3 cm³/mol. The number of carboxylic acids is 1. The number of hydrogen-bond acceptors (Lipinski definition) is 4. The lowest BCUT2D eigenvalue weighted by Gasteiger charge is -2.06. The van der Waals surface area contributed by atoms with Gasteiger partial charge in [-0.05, 0) is 18.6 Å². The number of carbonyl (C=O) groups is 1. The van der Waals surface area contributed by atoms with Gasteiger partial charge in [0.2, 0.25) is 0 Å². The third-order valence-corrected chi connectivity index (χ3v) is 3.67. The molecular weight excluding hydrogens is 262 g/mol. The molecule has 1 N–H and O–H groups in total. The largest absolute Gasteiger partial charge is 0.478 e. The number of benzene rings is 1. The molecule has 0 aliphatic rings. The van der Waals surface area contributed by atoms with E-state index in [-0.39, 0.29) is 0 Å². The van der Waals surface area contributed by atoms with Gasteiger partial charge in [0.25, 0.3) is 0 Å². The molecule has 0 fully saturated rings. The molecule has 0 aliphatic carbocycles. The van der Waals surface area contributed by atoms with E-state index >= 15 is 0 Å². The van der Waals surface area contributed by atoms with Gasteiger partial charge in [0.15, 0.2) is 0 Å². The molecule has 1 aromatic carbocycles. The predicted octanol–water partition coefficient (Wildman–Crippen LogP) is 2.68. The number of carboxylic acid groups (broad SMARTS) is 1. The minimum Gasteiger partial charge on any atom is -0.478 e. The topological polar surface area (TPSA) is 68.0 Å². The molecule has 0 unspecified atom stereocenters. The fraction of sp³-hybridized carbons (Fsp3) is 0.308. The molecule has 1 heterocycles. The van der Waals surface area contributed by atoms with Crippen LogP contribution in [0.3, 0.4) is 0 Å². The molecule has 0 bridgehead atoms. The summed E-state index contributed by atoms with van der Waals surface area (Å²) in [7, 11) is 0. The lowest BCUT2D eigenvalue weighted by Crippen LogP contribution is -2.04. The number of nitrogens with zero attached hydrogens (tertiary/aromatic N) is 3. The van der Waals surface area contributed by atoms with Crippen molar-refractivity contribution in [3.05, 3.63) is 42.0 Å². The molecule has 0 saturated carbocycles. The first-order chi connectivity index (χ1) is 9.22. The van der Waals surface area contributed by atoms with E-state index in [1.54, 1.807) is 12.1 Å². The molecule has 0 amide bonds. The first kappa shape index (κ1) is 13.6. The number of aromatic carboxylic acids is 1. The van der Waals surface area contributed by atoms with E-state index in [0.29, 0.717) is 11.3 Å². The highest BCUT2D eigenvalue weighted by Gasteiger charge is 2.11. The Morgan fingerprint density at radius 2 is 2.21 bits per heavy atom. The molecular formula is C13H15N3O2S. The van der Waals surface area contributed by atoms with Gasteiger partial charge in [-0.15, -0.1) is 11.8 Å². The summed E-state index contributed by atoms with van der Waals surface area (Å²) in [4.78, 5) is 16.1. The van der Waals surface area contributed by atoms with Crippen LogP contribution in [0.25, 0.3) is 0 Å². The van der Waals surface area contributed by atoms with Crippen LogP contribution < -0.4 is 0 Å². The van der Waals surface area contributed by atoms with Crippen LogP contribution in [0.15, 0.2) is 35.5 Å². The van der Waals surface area contributed by atoms with Crippen molar-refractivity contribution in [2.45, 2.75) is 30.5 Å². The fourth-order valence-corrected chi connectivity index (χ4v) is 2.70. The smallest absolute Gasteiger partial charge is 0.336 e. The molecule has 1 aromatic heterocycles. The van der Waals surface area contributed by atoms with Gasteiger partial charge < -0.3 is 5.11 Å². The molecule has 19 heavy (non-hydrogen) atoms. The first-order valence-electron chi connectivity index (χ1n) is 6.04. The summed E-state index contributed by atoms with van der Waals surface area (Å²) in [5.74, 6) is 0.578. The summed E-state index contributed by atoms with van der Waals surface area (Å²) >= 11 is 1.47. The fourth-order valence-electron chi connectivity index (χ4n) is 1.71. The Bertz CT molecular complexity index is 569. The third-order valence-electron chi connectivity index (χ3n) is 2.61. The Labute approximate surface area is 115 Å². The van der Waals surface area contributed by atoms with E-state index < -0.39 is 5.97 Å². The summed E-state index contributed by atoms with van der Waals surface area (Å²) in [5.41, 5.74) is 0.328. The zero-order valence-corrected chi connectivity index (χ0v) is 11.4. The van der Waals surface area contributed by atoms with E-state index in [4.69, 9.17) is 5.11 Å². The molecule has 0 aliphatic heterocycles. The molecule has 2 rings (SSSR count). The maximum absolute atomic E-state index is 11.1. The van der Waals surface area contributed by atoms with Crippen LogP contribution in [-0.4, -0.2) is 25.8 Å². The highest BCUT2D eigenvalue weighted by Crippen LogP contribution is 2.25. The van der Waals surface area contributed by atoms with Crippen LogP contribution in [0.1, 0.15) is 29.5 Å². The van der Waals surface area contributed by atoms with Crippen LogP contribution in [0.2, 0.25) is 0 Å². The molecule has 0 atom stereocenters. The molecule has 0 spiro atoms. The van der Waals surface area contributed by atoms with E-state index in [2.05, 4.69) is 17.0 Å². The highest BCUT2D eigenvalue weighted by molar-refractivity contribution is 7.98. The van der Waals surface area contributed by atoms with Gasteiger partial charge in [0.05, 0.1) is 11.3 Å². The second kappa shape index (κ2) is 6.38. The van der Waals surface area contributed by atoms with Gasteiger partial charge in [0.1, 0.15) is 12.2 Å². The Balaban J connectivity index is 2.10. The minimum atomic E-state index is -0.905. The quantitative estimate of drug-likeness (QED) is 0.822. The molecule has 6 heteroatoms. The lowest BCUT2D eigenvalue weighted by atomic mass is 10.2. The summed E-state index contributed by atoms with van der Waals surface area (Å²) in [6.07, 6.45) is 2.53. The third kappa shape index (κ3) is 3.35. The summed E-state index contributed by atoms with van der Waals surface area (Å²) in [6, 6.07) is 6.99. The van der Waals surface area contributed by atoms with E-state index in [0.717, 1.165) is 23.7 Å². The Kier molecular flexibility index (Phi) is 4.57. The standard InChI is InChI=1S/C13H15N3O2S/c1-2-7-16-12(14-9-15-16)8-19-11-6-4-3-5-10(11)13(17)18/h3-6,9H,2,7-8H2,1H3,(H,17,18). The molecule has 100 valence electrons. The van der Waals surface area contributed by atoms with Crippen molar-refractivity contribution >= 4 is 17.7 Å². The molecule has 2 aromatic rings. The lowest BCUT2D eigenvalue weighted by molar-refractivity contribution is 0.0693. The zero-order valence-electron chi connectivity index (χ0n) is 10.6. The average Bonchev–Trinajstić information content (AvgIpc) is 2.84. The molecule has 5 nitrogen and oxygen atoms in total. The second-order valence-electron chi connectivity index (χ2n) is 3.99. The SMILES string of the molecule is CCCn1ncnc1CSc1ccccc1C(=O)O. The molecule has 0 saturated heterocycles. The van der Waals surface area contributed by atoms with Crippen LogP contribution >= 0.6 is 11.8 Å². The van der Waals surface area contributed by atoms with E-state index in [9.17, 15) is 4.79 Å². The van der Waals surface area contributed by atoms with Crippen molar-refractivity contribution in [3.8, 4) is 0 Å². The first-order valence-corrected chi connectivity index (χ1v) is 7.02. The van der Waals surface area contributed by atoms with Crippen LogP contribution in [0.4, 0.5) is 0 Å². The van der Waals surface area contributed by atoms with Gasteiger partial charge >= 0.3 is 5.97 Å². The minimum absolute atomic E-state index is 0.328.